The maximum absolute atomic E-state index is 10.3. The van der Waals surface area contributed by atoms with E-state index < -0.39 is 5.41 Å². The standard InChI is InChI=1S/C51H40N4/c52-32-33-11-10-18-42(26-33)51(40-16-8-3-9-17-40)45-27-39(49-54-47(37-12-4-1-5-13-37)53-48(55-49)38-14-6-2-7-15-38)19-21-43(45)44-22-20-41(28-46(44)51)50-29-34-23-35(30-50)25-36(24-34)31-50/h1-22,26-28,34-36H,23-25,29-31H2/t34-,35+,36-,50?,51?. The lowest BCUT2D eigenvalue weighted by molar-refractivity contribution is -0.00522. The van der Waals surface area contributed by atoms with Gasteiger partial charge in [0, 0.05) is 16.7 Å². The predicted molar refractivity (Wildman–Crippen MR) is 218 cm³/mol. The minimum atomic E-state index is -0.662. The van der Waals surface area contributed by atoms with Gasteiger partial charge in [-0.05, 0) is 119 Å². The van der Waals surface area contributed by atoms with Gasteiger partial charge in [-0.25, -0.2) is 15.0 Å². The van der Waals surface area contributed by atoms with E-state index in [1.54, 1.807) is 0 Å². The highest BCUT2D eigenvalue weighted by Crippen LogP contribution is 2.63. The van der Waals surface area contributed by atoms with Crippen molar-refractivity contribution in [2.24, 2.45) is 17.8 Å². The van der Waals surface area contributed by atoms with Crippen molar-refractivity contribution in [1.29, 1.82) is 5.26 Å². The van der Waals surface area contributed by atoms with Crippen molar-refractivity contribution < 1.29 is 0 Å². The van der Waals surface area contributed by atoms with Gasteiger partial charge >= 0.3 is 0 Å². The molecule has 4 fully saturated rings. The second kappa shape index (κ2) is 12.4. The third-order valence-electron chi connectivity index (χ3n) is 13.4. The molecule has 0 amide bonds. The molecule has 6 aromatic carbocycles. The van der Waals surface area contributed by atoms with Gasteiger partial charge in [-0.15, -0.1) is 0 Å². The van der Waals surface area contributed by atoms with Gasteiger partial charge in [-0.1, -0.05) is 133 Å². The Morgan fingerprint density at radius 3 is 1.55 bits per heavy atom. The van der Waals surface area contributed by atoms with E-state index in [1.165, 1.54) is 71.9 Å². The number of nitrogens with zero attached hydrogens (tertiary/aromatic N) is 4. The monoisotopic (exact) mass is 708 g/mol. The van der Waals surface area contributed by atoms with Crippen LogP contribution in [0, 0.1) is 29.1 Å². The number of aromatic nitrogens is 3. The van der Waals surface area contributed by atoms with Gasteiger partial charge in [-0.3, -0.25) is 0 Å². The Kier molecular flexibility index (Phi) is 7.29. The third-order valence-corrected chi connectivity index (χ3v) is 13.4. The van der Waals surface area contributed by atoms with Crippen LogP contribution in [0.15, 0.2) is 152 Å². The molecule has 264 valence electrons. The summed E-state index contributed by atoms with van der Waals surface area (Å²) in [5, 5.41) is 10.3. The fourth-order valence-electron chi connectivity index (χ4n) is 11.5. The van der Waals surface area contributed by atoms with E-state index in [4.69, 9.17) is 15.0 Å². The molecular formula is C51H40N4. The third kappa shape index (κ3) is 5.06. The van der Waals surface area contributed by atoms with Crippen molar-refractivity contribution in [3.63, 3.8) is 0 Å². The average Bonchev–Trinajstić information content (AvgIpc) is 3.54. The Morgan fingerprint density at radius 2 is 0.964 bits per heavy atom. The van der Waals surface area contributed by atoms with Crippen LogP contribution in [-0.4, -0.2) is 15.0 Å². The maximum Gasteiger partial charge on any atom is 0.164 e. The molecule has 55 heavy (non-hydrogen) atoms. The number of benzene rings is 6. The van der Waals surface area contributed by atoms with E-state index in [-0.39, 0.29) is 5.41 Å². The zero-order valence-electron chi connectivity index (χ0n) is 30.7. The molecule has 12 rings (SSSR count). The Hall–Kier alpha value is -6.18. The second-order valence-electron chi connectivity index (χ2n) is 16.6. The van der Waals surface area contributed by atoms with Crippen LogP contribution in [0.25, 0.3) is 45.3 Å². The number of rotatable bonds is 6. The highest BCUT2D eigenvalue weighted by atomic mass is 15.0. The summed E-state index contributed by atoms with van der Waals surface area (Å²) < 4.78 is 0. The first-order chi connectivity index (χ1) is 27.1. The summed E-state index contributed by atoms with van der Waals surface area (Å²) >= 11 is 0. The zero-order valence-corrected chi connectivity index (χ0v) is 30.7. The number of nitriles is 1. The molecule has 0 radical (unpaired) electrons. The molecule has 5 aliphatic carbocycles. The molecule has 7 aromatic rings. The summed E-state index contributed by atoms with van der Waals surface area (Å²) in [5.41, 5.74) is 11.8. The molecule has 0 saturated heterocycles. The topological polar surface area (TPSA) is 62.5 Å². The Morgan fingerprint density at radius 1 is 0.455 bits per heavy atom. The van der Waals surface area contributed by atoms with Gasteiger partial charge in [0.2, 0.25) is 0 Å². The first-order valence-corrected chi connectivity index (χ1v) is 19.8. The zero-order chi connectivity index (χ0) is 36.6. The summed E-state index contributed by atoms with van der Waals surface area (Å²) in [7, 11) is 0. The normalized spacial score (nSPS) is 24.2. The lowest BCUT2D eigenvalue weighted by Crippen LogP contribution is -2.48. The summed E-state index contributed by atoms with van der Waals surface area (Å²) in [6.45, 7) is 0. The number of fused-ring (bicyclic) bond motifs is 3. The van der Waals surface area contributed by atoms with Crippen molar-refractivity contribution in [1.82, 2.24) is 15.0 Å². The molecule has 1 atom stereocenters. The fraction of sp³-hybridized carbons (Fsp3) is 0.216. The maximum atomic E-state index is 10.3. The molecule has 4 saturated carbocycles. The Balaban J connectivity index is 1.17. The van der Waals surface area contributed by atoms with Crippen LogP contribution in [0.5, 0.6) is 0 Å². The Bertz CT molecular complexity index is 2550. The van der Waals surface area contributed by atoms with Crippen LogP contribution in [0.3, 0.4) is 0 Å². The van der Waals surface area contributed by atoms with Crippen molar-refractivity contribution in [2.75, 3.05) is 0 Å². The first-order valence-electron chi connectivity index (χ1n) is 19.8. The van der Waals surface area contributed by atoms with Crippen LogP contribution in [0.1, 0.15) is 71.9 Å². The summed E-state index contributed by atoms with van der Waals surface area (Å²) in [5.74, 6) is 4.48. The van der Waals surface area contributed by atoms with Crippen LogP contribution in [0.4, 0.5) is 0 Å². The van der Waals surface area contributed by atoms with Crippen molar-refractivity contribution in [3.8, 4) is 51.4 Å². The average molecular weight is 709 g/mol. The predicted octanol–water partition coefficient (Wildman–Crippen LogP) is 11.6. The van der Waals surface area contributed by atoms with Crippen LogP contribution < -0.4 is 0 Å². The molecule has 4 heteroatoms. The van der Waals surface area contributed by atoms with E-state index in [0.29, 0.717) is 23.0 Å². The van der Waals surface area contributed by atoms with E-state index in [1.807, 2.05) is 48.5 Å². The largest absolute Gasteiger partial charge is 0.208 e. The quantitative estimate of drug-likeness (QED) is 0.172. The van der Waals surface area contributed by atoms with Crippen molar-refractivity contribution in [2.45, 2.75) is 49.4 Å². The van der Waals surface area contributed by atoms with Crippen LogP contribution in [-0.2, 0) is 10.8 Å². The minimum absolute atomic E-state index is 0.243. The molecule has 1 unspecified atom stereocenters. The van der Waals surface area contributed by atoms with E-state index in [2.05, 4.69) is 109 Å². The number of hydrogen-bond donors (Lipinski definition) is 0. The van der Waals surface area contributed by atoms with Crippen LogP contribution in [0.2, 0.25) is 0 Å². The summed E-state index contributed by atoms with van der Waals surface area (Å²) in [6, 6.07) is 56.3. The minimum Gasteiger partial charge on any atom is -0.208 e. The summed E-state index contributed by atoms with van der Waals surface area (Å²) in [4.78, 5) is 15.3. The second-order valence-corrected chi connectivity index (χ2v) is 16.6. The van der Waals surface area contributed by atoms with Gasteiger partial charge in [0.05, 0.1) is 17.0 Å². The van der Waals surface area contributed by atoms with Gasteiger partial charge in [0.25, 0.3) is 0 Å². The Labute approximate surface area is 322 Å². The lowest BCUT2D eigenvalue weighted by Gasteiger charge is -2.57. The molecule has 1 aromatic heterocycles. The fourth-order valence-corrected chi connectivity index (χ4v) is 11.5. The van der Waals surface area contributed by atoms with E-state index >= 15 is 0 Å². The molecule has 4 nitrogen and oxygen atoms in total. The van der Waals surface area contributed by atoms with Gasteiger partial charge in [0.15, 0.2) is 17.5 Å². The van der Waals surface area contributed by atoms with E-state index in [9.17, 15) is 5.26 Å². The number of hydrogen-bond acceptors (Lipinski definition) is 4. The SMILES string of the molecule is N#Cc1cccc(C2(c3ccccc3)c3cc(-c4nc(-c5ccccc5)nc(-c5ccccc5)n4)ccc3-c3ccc(C45C[C@H]6C[C@@H](C4)C[C@@H](C5)C6)cc32)c1. The van der Waals surface area contributed by atoms with Crippen LogP contribution >= 0.6 is 0 Å². The first kappa shape index (κ1) is 32.3. The highest BCUT2D eigenvalue weighted by molar-refractivity contribution is 5.88. The lowest BCUT2D eigenvalue weighted by atomic mass is 9.48. The van der Waals surface area contributed by atoms with E-state index in [0.717, 1.165) is 40.0 Å². The molecule has 4 bridgehead atoms. The van der Waals surface area contributed by atoms with Gasteiger partial charge in [-0.2, -0.15) is 5.26 Å². The summed E-state index contributed by atoms with van der Waals surface area (Å²) in [6.07, 6.45) is 8.19. The molecule has 0 aliphatic heterocycles. The molecule has 0 spiro atoms. The van der Waals surface area contributed by atoms with Crippen molar-refractivity contribution >= 4 is 0 Å². The highest BCUT2D eigenvalue weighted by Gasteiger charge is 2.53. The molecule has 0 N–H and O–H groups in total. The van der Waals surface area contributed by atoms with Gasteiger partial charge in [0.1, 0.15) is 0 Å². The molecule has 1 heterocycles. The molecular weight excluding hydrogens is 669 g/mol. The molecule has 5 aliphatic rings. The van der Waals surface area contributed by atoms with Gasteiger partial charge < -0.3 is 0 Å². The smallest absolute Gasteiger partial charge is 0.164 e. The van der Waals surface area contributed by atoms with Crippen molar-refractivity contribution in [3.05, 3.63) is 185 Å².